The number of hydrogen-bond acceptors (Lipinski definition) is 4. The van der Waals surface area contributed by atoms with Crippen molar-refractivity contribution in [2.45, 2.75) is 13.0 Å². The van der Waals surface area contributed by atoms with Gasteiger partial charge in [-0.2, -0.15) is 0 Å². The lowest BCUT2D eigenvalue weighted by atomic mass is 10.1. The minimum absolute atomic E-state index is 0.406. The topological polar surface area (TPSA) is 75.9 Å². The van der Waals surface area contributed by atoms with Gasteiger partial charge in [0.25, 0.3) is 0 Å². The molecule has 0 aromatic carbocycles. The van der Waals surface area contributed by atoms with E-state index in [0.717, 1.165) is 16.9 Å². The number of aryl methyl sites for hydroxylation is 1. The van der Waals surface area contributed by atoms with Gasteiger partial charge in [0.15, 0.2) is 0 Å². The molecule has 1 atom stereocenters. The van der Waals surface area contributed by atoms with Crippen LogP contribution in [0, 0.1) is 6.92 Å². The van der Waals surface area contributed by atoms with Gasteiger partial charge in [-0.15, -0.1) is 5.16 Å². The predicted molar refractivity (Wildman–Crippen MR) is 57.1 cm³/mol. The van der Waals surface area contributed by atoms with Gasteiger partial charge in [0.1, 0.15) is 5.65 Å². The van der Waals surface area contributed by atoms with Crippen molar-refractivity contribution in [3.05, 3.63) is 35.8 Å². The molecule has 0 spiro atoms. The van der Waals surface area contributed by atoms with Crippen LogP contribution >= 0.6 is 0 Å². The van der Waals surface area contributed by atoms with Gasteiger partial charge in [0, 0.05) is 18.1 Å². The van der Waals surface area contributed by atoms with Crippen LogP contribution in [0.4, 0.5) is 0 Å². The lowest BCUT2D eigenvalue weighted by Gasteiger charge is -2.05. The average molecular weight is 204 g/mol. The second kappa shape index (κ2) is 3.70. The SMILES string of the molecule is Cc1cnc2cc(C(N)/C=N\O)ccn12. The second-order valence-electron chi connectivity index (χ2n) is 3.38. The van der Waals surface area contributed by atoms with E-state index in [1.54, 1.807) is 6.20 Å². The summed E-state index contributed by atoms with van der Waals surface area (Å²) in [4.78, 5) is 4.22. The first kappa shape index (κ1) is 9.67. The van der Waals surface area contributed by atoms with Gasteiger partial charge in [-0.3, -0.25) is 0 Å². The zero-order valence-corrected chi connectivity index (χ0v) is 8.33. The second-order valence-corrected chi connectivity index (χ2v) is 3.38. The Morgan fingerprint density at radius 3 is 3.20 bits per heavy atom. The van der Waals surface area contributed by atoms with Crippen molar-refractivity contribution in [2.75, 3.05) is 0 Å². The first-order chi connectivity index (χ1) is 7.22. The van der Waals surface area contributed by atoms with Crippen LogP contribution in [0.1, 0.15) is 17.3 Å². The molecule has 78 valence electrons. The number of rotatable bonds is 2. The monoisotopic (exact) mass is 204 g/mol. The summed E-state index contributed by atoms with van der Waals surface area (Å²) >= 11 is 0. The molecule has 5 nitrogen and oxygen atoms in total. The minimum atomic E-state index is -0.406. The highest BCUT2D eigenvalue weighted by Crippen LogP contribution is 2.12. The summed E-state index contributed by atoms with van der Waals surface area (Å²) in [5.41, 5.74) is 8.53. The Bertz CT molecular complexity index is 503. The quantitative estimate of drug-likeness (QED) is 0.437. The summed E-state index contributed by atoms with van der Waals surface area (Å²) in [7, 11) is 0. The zero-order chi connectivity index (χ0) is 10.8. The van der Waals surface area contributed by atoms with E-state index in [-0.39, 0.29) is 0 Å². The van der Waals surface area contributed by atoms with Gasteiger partial charge in [0.05, 0.1) is 12.3 Å². The van der Waals surface area contributed by atoms with E-state index in [0.29, 0.717) is 0 Å². The van der Waals surface area contributed by atoms with E-state index in [1.165, 1.54) is 6.21 Å². The molecular formula is C10H12N4O. The first-order valence-corrected chi connectivity index (χ1v) is 4.59. The van der Waals surface area contributed by atoms with E-state index in [9.17, 15) is 0 Å². The molecule has 3 N–H and O–H groups in total. The molecule has 0 aliphatic carbocycles. The lowest BCUT2D eigenvalue weighted by molar-refractivity contribution is 0.320. The fourth-order valence-corrected chi connectivity index (χ4v) is 1.49. The fraction of sp³-hybridized carbons (Fsp3) is 0.200. The molecule has 2 aromatic heterocycles. The molecule has 0 radical (unpaired) electrons. The standard InChI is InChI=1S/C10H12N4O/c1-7-5-12-10-4-8(2-3-14(7)10)9(11)6-13-15/h2-6,9,15H,11H2,1H3/b13-6-. The minimum Gasteiger partial charge on any atom is -0.411 e. The maximum atomic E-state index is 8.38. The van der Waals surface area contributed by atoms with Crippen LogP contribution in [0.5, 0.6) is 0 Å². The Morgan fingerprint density at radius 1 is 1.67 bits per heavy atom. The van der Waals surface area contributed by atoms with Crippen molar-refractivity contribution in [1.29, 1.82) is 0 Å². The Balaban J connectivity index is 2.47. The number of nitrogens with two attached hydrogens (primary N) is 1. The Morgan fingerprint density at radius 2 is 2.47 bits per heavy atom. The normalized spacial score (nSPS) is 13.7. The summed E-state index contributed by atoms with van der Waals surface area (Å²) in [5, 5.41) is 11.3. The van der Waals surface area contributed by atoms with Crippen LogP contribution in [0.3, 0.4) is 0 Å². The van der Waals surface area contributed by atoms with E-state index >= 15 is 0 Å². The summed E-state index contributed by atoms with van der Waals surface area (Å²) in [6.07, 6.45) is 4.98. The molecule has 2 aromatic rings. The van der Waals surface area contributed by atoms with Crippen molar-refractivity contribution in [1.82, 2.24) is 9.38 Å². The predicted octanol–water partition coefficient (Wildman–Crippen LogP) is 1.10. The number of nitrogens with zero attached hydrogens (tertiary/aromatic N) is 3. The van der Waals surface area contributed by atoms with E-state index < -0.39 is 6.04 Å². The van der Waals surface area contributed by atoms with E-state index in [2.05, 4.69) is 10.1 Å². The van der Waals surface area contributed by atoms with Crippen molar-refractivity contribution < 1.29 is 5.21 Å². The molecule has 0 saturated carbocycles. The maximum Gasteiger partial charge on any atom is 0.137 e. The molecule has 2 heterocycles. The summed E-state index contributed by atoms with van der Waals surface area (Å²) in [6.45, 7) is 1.98. The summed E-state index contributed by atoms with van der Waals surface area (Å²) in [6, 6.07) is 3.35. The van der Waals surface area contributed by atoms with Gasteiger partial charge in [-0.25, -0.2) is 4.98 Å². The number of hydrogen-bond donors (Lipinski definition) is 2. The molecule has 0 aliphatic rings. The molecule has 0 fully saturated rings. The smallest absolute Gasteiger partial charge is 0.137 e. The molecular weight excluding hydrogens is 192 g/mol. The summed E-state index contributed by atoms with van der Waals surface area (Å²) < 4.78 is 1.96. The van der Waals surface area contributed by atoms with Gasteiger partial charge in [-0.05, 0) is 24.6 Å². The van der Waals surface area contributed by atoms with Crippen LogP contribution in [-0.2, 0) is 0 Å². The Kier molecular flexibility index (Phi) is 2.39. The van der Waals surface area contributed by atoms with Crippen LogP contribution in [0.15, 0.2) is 29.7 Å². The molecule has 15 heavy (non-hydrogen) atoms. The zero-order valence-electron chi connectivity index (χ0n) is 8.33. The highest BCUT2D eigenvalue weighted by molar-refractivity contribution is 5.67. The van der Waals surface area contributed by atoms with Crippen LogP contribution in [0.25, 0.3) is 5.65 Å². The lowest BCUT2D eigenvalue weighted by Crippen LogP contribution is -2.11. The van der Waals surface area contributed by atoms with Gasteiger partial charge in [-0.1, -0.05) is 0 Å². The van der Waals surface area contributed by atoms with E-state index in [1.807, 2.05) is 29.7 Å². The van der Waals surface area contributed by atoms with Crippen LogP contribution < -0.4 is 5.73 Å². The molecule has 0 saturated heterocycles. The first-order valence-electron chi connectivity index (χ1n) is 4.59. The van der Waals surface area contributed by atoms with Gasteiger partial charge >= 0.3 is 0 Å². The number of oxime groups is 1. The van der Waals surface area contributed by atoms with Gasteiger partial charge < -0.3 is 15.3 Å². The molecule has 0 bridgehead atoms. The Labute approximate surface area is 86.8 Å². The highest BCUT2D eigenvalue weighted by atomic mass is 16.4. The Hall–Kier alpha value is -1.88. The number of fused-ring (bicyclic) bond motifs is 1. The molecule has 0 amide bonds. The number of pyridine rings is 1. The average Bonchev–Trinajstić information content (AvgIpc) is 2.60. The number of aromatic nitrogens is 2. The van der Waals surface area contributed by atoms with Gasteiger partial charge in [0.2, 0.25) is 0 Å². The van der Waals surface area contributed by atoms with Crippen molar-refractivity contribution in [3.8, 4) is 0 Å². The molecule has 0 aliphatic heterocycles. The van der Waals surface area contributed by atoms with Crippen molar-refractivity contribution in [3.63, 3.8) is 0 Å². The molecule has 1 unspecified atom stereocenters. The van der Waals surface area contributed by atoms with Crippen LogP contribution in [-0.4, -0.2) is 20.8 Å². The van der Waals surface area contributed by atoms with Crippen molar-refractivity contribution >= 4 is 11.9 Å². The highest BCUT2D eigenvalue weighted by Gasteiger charge is 2.05. The van der Waals surface area contributed by atoms with E-state index in [4.69, 9.17) is 10.9 Å². The third-order valence-electron chi connectivity index (χ3n) is 2.33. The maximum absolute atomic E-state index is 8.38. The largest absolute Gasteiger partial charge is 0.411 e. The molecule has 5 heteroatoms. The fourth-order valence-electron chi connectivity index (χ4n) is 1.49. The third-order valence-corrected chi connectivity index (χ3v) is 2.33. The number of imidazole rings is 1. The third kappa shape index (κ3) is 1.69. The summed E-state index contributed by atoms with van der Waals surface area (Å²) in [5.74, 6) is 0. The van der Waals surface area contributed by atoms with Crippen LogP contribution in [0.2, 0.25) is 0 Å². The van der Waals surface area contributed by atoms with Crippen molar-refractivity contribution in [2.24, 2.45) is 10.9 Å². The molecule has 2 rings (SSSR count).